The maximum atomic E-state index is 12.8. The number of carbonyl (C=O) groups is 1. The zero-order chi connectivity index (χ0) is 21.7. The number of methoxy groups -OCH3 is 3. The number of nitrogens with one attached hydrogen (secondary N) is 2. The van der Waals surface area contributed by atoms with E-state index in [1.165, 1.54) is 18.9 Å². The summed E-state index contributed by atoms with van der Waals surface area (Å²) in [6.07, 6.45) is 0. The molecule has 2 aromatic carbocycles. The molecule has 0 radical (unpaired) electrons. The second-order valence-corrected chi connectivity index (χ2v) is 7.46. The van der Waals surface area contributed by atoms with Crippen molar-refractivity contribution in [3.63, 3.8) is 0 Å². The van der Waals surface area contributed by atoms with Gasteiger partial charge in [0.15, 0.2) is 0 Å². The third-order valence-electron chi connectivity index (χ3n) is 4.26. The zero-order valence-corrected chi connectivity index (χ0v) is 17.7. The first kappa shape index (κ1) is 21.3. The smallest absolute Gasteiger partial charge is 0.442 e. The monoisotopic (exact) mass is 432 g/mol. The number of carbonyl (C=O) groups excluding carboxylic acids is 1. The van der Waals surface area contributed by atoms with Crippen LogP contribution in [0.4, 0.5) is 5.69 Å². The molecule has 9 nitrogen and oxygen atoms in total. The molecule has 1 atom stereocenters. The van der Waals surface area contributed by atoms with Gasteiger partial charge in [-0.2, -0.15) is 0 Å². The van der Waals surface area contributed by atoms with Crippen LogP contribution in [0.1, 0.15) is 6.92 Å². The van der Waals surface area contributed by atoms with Gasteiger partial charge in [0, 0.05) is 18.2 Å². The molecule has 0 bridgehead atoms. The van der Waals surface area contributed by atoms with E-state index in [1.54, 1.807) is 56.5 Å². The van der Waals surface area contributed by atoms with Crippen molar-refractivity contribution in [3.05, 3.63) is 52.9 Å². The first-order chi connectivity index (χ1) is 14.5. The molecule has 2 N–H and O–H groups in total. The van der Waals surface area contributed by atoms with Gasteiger partial charge in [-0.1, -0.05) is 0 Å². The van der Waals surface area contributed by atoms with Gasteiger partial charge in [0.05, 0.1) is 32.3 Å². The molecule has 158 valence electrons. The highest BCUT2D eigenvalue weighted by atomic mass is 32.2. The molecule has 0 fully saturated rings. The van der Waals surface area contributed by atoms with Gasteiger partial charge in [-0.3, -0.25) is 9.32 Å². The Kier molecular flexibility index (Phi) is 6.68. The molecule has 0 saturated heterocycles. The van der Waals surface area contributed by atoms with Crippen LogP contribution < -0.4 is 29.8 Å². The van der Waals surface area contributed by atoms with Gasteiger partial charge >= 0.3 is 10.7 Å². The van der Waals surface area contributed by atoms with Crippen LogP contribution in [-0.4, -0.2) is 37.8 Å². The van der Waals surface area contributed by atoms with Gasteiger partial charge in [0.1, 0.15) is 17.2 Å². The van der Waals surface area contributed by atoms with Crippen molar-refractivity contribution in [2.75, 3.05) is 26.6 Å². The molecule has 30 heavy (non-hydrogen) atoms. The van der Waals surface area contributed by atoms with Crippen molar-refractivity contribution in [3.8, 4) is 22.9 Å². The summed E-state index contributed by atoms with van der Waals surface area (Å²) in [6.45, 7) is 1.69. The van der Waals surface area contributed by atoms with E-state index in [9.17, 15) is 9.59 Å². The molecule has 1 amide bonds. The fourth-order valence-electron chi connectivity index (χ4n) is 2.63. The predicted molar refractivity (Wildman–Crippen MR) is 111 cm³/mol. The van der Waals surface area contributed by atoms with Crippen LogP contribution in [0.5, 0.6) is 17.2 Å². The minimum absolute atomic E-state index is 0.237. The highest BCUT2D eigenvalue weighted by Gasteiger charge is 2.29. The van der Waals surface area contributed by atoms with Crippen molar-refractivity contribution < 1.29 is 28.2 Å². The lowest BCUT2D eigenvalue weighted by atomic mass is 10.2. The van der Waals surface area contributed by atoms with Crippen molar-refractivity contribution in [2.24, 2.45) is 0 Å². The Balaban J connectivity index is 1.79. The number of H-pyrrole nitrogens is 1. The number of aromatic nitrogens is 2. The number of rotatable bonds is 8. The Bertz CT molecular complexity index is 1080. The molecule has 0 aliphatic carbocycles. The molecule has 3 aromatic rings. The summed E-state index contributed by atoms with van der Waals surface area (Å²) in [5, 5.41) is 4.99. The number of aromatic amines is 1. The largest absolute Gasteiger partial charge is 0.497 e. The van der Waals surface area contributed by atoms with Gasteiger partial charge in [0.25, 0.3) is 0 Å². The second kappa shape index (κ2) is 9.40. The summed E-state index contributed by atoms with van der Waals surface area (Å²) in [7, 11) is 4.62. The summed E-state index contributed by atoms with van der Waals surface area (Å²) in [5.41, 5.74) is 0.555. The summed E-state index contributed by atoms with van der Waals surface area (Å²) in [6, 6.07) is 12.1. The van der Waals surface area contributed by atoms with E-state index in [-0.39, 0.29) is 10.9 Å². The average Bonchev–Trinajstić information content (AvgIpc) is 3.13. The maximum Gasteiger partial charge on any atom is 0.442 e. The first-order valence-corrected chi connectivity index (χ1v) is 9.82. The van der Waals surface area contributed by atoms with Gasteiger partial charge in [-0.05, 0) is 52.9 Å². The minimum atomic E-state index is -0.607. The fourth-order valence-corrected chi connectivity index (χ4v) is 3.52. The minimum Gasteiger partial charge on any atom is -0.497 e. The molecule has 0 aliphatic heterocycles. The number of anilines is 1. The number of ether oxygens (including phenoxy) is 3. The second-order valence-electron chi connectivity index (χ2n) is 6.13. The summed E-state index contributed by atoms with van der Waals surface area (Å²) >= 11 is 1.07. The standard InChI is InChI=1S/C20H21N3O6S/c1-12(18(24)21-16-11-15(27-3)9-10-17(16)28-4)30-19-20(25)29-22-23(19)13-5-7-14(26-2)8-6-13/h5-12H,1-4H3,(H-,21,22,24,25)/p+1. The van der Waals surface area contributed by atoms with Crippen LogP contribution in [0.2, 0.25) is 0 Å². The predicted octanol–water partition coefficient (Wildman–Crippen LogP) is 2.39. The Morgan fingerprint density at radius 3 is 2.37 bits per heavy atom. The van der Waals surface area contributed by atoms with Gasteiger partial charge in [0.2, 0.25) is 11.6 Å². The van der Waals surface area contributed by atoms with E-state index in [1.807, 2.05) is 0 Å². The highest BCUT2D eigenvalue weighted by molar-refractivity contribution is 8.00. The molecule has 1 aromatic heterocycles. The zero-order valence-electron chi connectivity index (χ0n) is 16.9. The van der Waals surface area contributed by atoms with Gasteiger partial charge < -0.3 is 19.5 Å². The molecule has 0 aliphatic rings. The maximum absolute atomic E-state index is 12.8. The molecular formula is C20H22N3O6S+. The van der Waals surface area contributed by atoms with Crippen LogP contribution >= 0.6 is 11.8 Å². The van der Waals surface area contributed by atoms with Crippen molar-refractivity contribution in [1.82, 2.24) is 5.27 Å². The van der Waals surface area contributed by atoms with Gasteiger partial charge in [-0.15, -0.1) is 0 Å². The average molecular weight is 432 g/mol. The van der Waals surface area contributed by atoms with E-state index < -0.39 is 10.9 Å². The number of benzene rings is 2. The number of hydrogen-bond acceptors (Lipinski definition) is 7. The number of nitrogens with zero attached hydrogens (tertiary/aromatic N) is 1. The van der Waals surface area contributed by atoms with E-state index in [0.29, 0.717) is 28.6 Å². The number of hydrogen-bond donors (Lipinski definition) is 2. The molecule has 10 heteroatoms. The van der Waals surface area contributed by atoms with Crippen molar-refractivity contribution in [2.45, 2.75) is 17.2 Å². The molecular weight excluding hydrogens is 410 g/mol. The molecule has 3 rings (SSSR count). The molecule has 1 unspecified atom stereocenters. The quantitative estimate of drug-likeness (QED) is 0.416. The Morgan fingerprint density at radius 2 is 1.73 bits per heavy atom. The highest BCUT2D eigenvalue weighted by Crippen LogP contribution is 2.30. The Labute approximate surface area is 176 Å². The number of amides is 1. The SMILES string of the molecule is COc1ccc(-[n+]2[nH]oc(=O)c2SC(C)C(=O)Nc2cc(OC)ccc2OC)cc1. The topological polar surface area (TPSA) is 107 Å². The van der Waals surface area contributed by atoms with E-state index in [2.05, 4.69) is 10.6 Å². The van der Waals surface area contributed by atoms with Crippen molar-refractivity contribution in [1.29, 1.82) is 0 Å². The Hall–Kier alpha value is -3.40. The van der Waals surface area contributed by atoms with Crippen LogP contribution in [0.25, 0.3) is 5.69 Å². The molecule has 0 spiro atoms. The first-order valence-electron chi connectivity index (χ1n) is 8.94. The number of thioether (sulfide) groups is 1. The van der Waals surface area contributed by atoms with Gasteiger partial charge in [-0.25, -0.2) is 4.79 Å². The third kappa shape index (κ3) is 4.60. The molecule has 0 saturated carbocycles. The van der Waals surface area contributed by atoms with E-state index in [0.717, 1.165) is 11.8 Å². The van der Waals surface area contributed by atoms with Crippen LogP contribution in [0.3, 0.4) is 0 Å². The van der Waals surface area contributed by atoms with Crippen LogP contribution in [0, 0.1) is 0 Å². The summed E-state index contributed by atoms with van der Waals surface area (Å²) in [4.78, 5) is 25.0. The normalized spacial score (nSPS) is 11.6. The third-order valence-corrected chi connectivity index (χ3v) is 5.40. The molecule has 1 heterocycles. The Morgan fingerprint density at radius 1 is 1.07 bits per heavy atom. The summed E-state index contributed by atoms with van der Waals surface area (Å²) < 4.78 is 22.0. The fraction of sp³-hybridized carbons (Fsp3) is 0.250. The van der Waals surface area contributed by atoms with Crippen LogP contribution in [0.15, 0.2) is 56.8 Å². The van der Waals surface area contributed by atoms with Crippen molar-refractivity contribution >= 4 is 23.4 Å². The lowest BCUT2D eigenvalue weighted by Gasteiger charge is -2.13. The van der Waals surface area contributed by atoms with E-state index in [4.69, 9.17) is 18.7 Å². The van der Waals surface area contributed by atoms with E-state index >= 15 is 0 Å². The lowest BCUT2D eigenvalue weighted by Crippen LogP contribution is -2.37. The van der Waals surface area contributed by atoms with Crippen LogP contribution in [-0.2, 0) is 4.79 Å². The summed E-state index contributed by atoms with van der Waals surface area (Å²) in [5.74, 6) is 1.44. The lowest BCUT2D eigenvalue weighted by molar-refractivity contribution is -0.704.